The van der Waals surface area contributed by atoms with Crippen molar-refractivity contribution in [1.29, 1.82) is 0 Å². The molecular formula is C11H12Br2N2O. The predicted molar refractivity (Wildman–Crippen MR) is 69.3 cm³/mol. The zero-order valence-corrected chi connectivity index (χ0v) is 12.1. The van der Waals surface area contributed by atoms with Gasteiger partial charge in [0.05, 0.1) is 10.0 Å². The second-order valence-corrected chi connectivity index (χ2v) is 5.73. The zero-order valence-electron chi connectivity index (χ0n) is 8.91. The summed E-state index contributed by atoms with van der Waals surface area (Å²) >= 11 is 6.63. The van der Waals surface area contributed by atoms with Crippen molar-refractivity contribution in [3.05, 3.63) is 26.9 Å². The van der Waals surface area contributed by atoms with E-state index in [1.165, 1.54) is 12.8 Å². The molecule has 1 fully saturated rings. The lowest BCUT2D eigenvalue weighted by atomic mass is 10.2. The van der Waals surface area contributed by atoms with Crippen LogP contribution in [0.1, 0.15) is 23.2 Å². The minimum absolute atomic E-state index is 0.0348. The van der Waals surface area contributed by atoms with E-state index in [0.29, 0.717) is 16.1 Å². The number of rotatable bonds is 3. The molecule has 1 aliphatic rings. The molecule has 0 aromatic carbocycles. The van der Waals surface area contributed by atoms with E-state index >= 15 is 0 Å². The van der Waals surface area contributed by atoms with Crippen LogP contribution in [0.2, 0.25) is 0 Å². The number of carbonyl (C=O) groups excluding carboxylic acids is 1. The SMILES string of the molecule is CN(CC1CC1)C(=O)c1cnc(Br)c(Br)c1. The molecule has 0 saturated heterocycles. The lowest BCUT2D eigenvalue weighted by Gasteiger charge is -2.16. The van der Waals surface area contributed by atoms with Crippen molar-refractivity contribution in [2.75, 3.05) is 13.6 Å². The first-order chi connectivity index (χ1) is 7.58. The van der Waals surface area contributed by atoms with Crippen molar-refractivity contribution < 1.29 is 4.79 Å². The number of hydrogen-bond acceptors (Lipinski definition) is 2. The Kier molecular flexibility index (Phi) is 3.64. The maximum Gasteiger partial charge on any atom is 0.255 e. The molecule has 1 heterocycles. The average molecular weight is 348 g/mol. The third-order valence-corrected chi connectivity index (χ3v) is 4.39. The van der Waals surface area contributed by atoms with Crippen LogP contribution in [0.3, 0.4) is 0 Å². The highest BCUT2D eigenvalue weighted by Gasteiger charge is 2.25. The maximum absolute atomic E-state index is 12.0. The minimum Gasteiger partial charge on any atom is -0.341 e. The van der Waals surface area contributed by atoms with Crippen molar-refractivity contribution in [2.45, 2.75) is 12.8 Å². The maximum atomic E-state index is 12.0. The van der Waals surface area contributed by atoms with Crippen LogP contribution in [-0.2, 0) is 0 Å². The van der Waals surface area contributed by atoms with Gasteiger partial charge in [-0.05, 0) is 56.7 Å². The van der Waals surface area contributed by atoms with Crippen LogP contribution >= 0.6 is 31.9 Å². The summed E-state index contributed by atoms with van der Waals surface area (Å²) in [6, 6.07) is 1.79. The number of amides is 1. The topological polar surface area (TPSA) is 33.2 Å². The minimum atomic E-state index is 0.0348. The summed E-state index contributed by atoms with van der Waals surface area (Å²) in [7, 11) is 1.84. The number of hydrogen-bond donors (Lipinski definition) is 0. The van der Waals surface area contributed by atoms with E-state index in [4.69, 9.17) is 0 Å². The normalized spacial score (nSPS) is 14.9. The fourth-order valence-electron chi connectivity index (χ4n) is 1.53. The van der Waals surface area contributed by atoms with Gasteiger partial charge in [-0.25, -0.2) is 4.98 Å². The summed E-state index contributed by atoms with van der Waals surface area (Å²) in [6.07, 6.45) is 4.10. The molecule has 86 valence electrons. The first kappa shape index (κ1) is 12.0. The van der Waals surface area contributed by atoms with E-state index in [0.717, 1.165) is 11.0 Å². The van der Waals surface area contributed by atoms with Gasteiger partial charge in [0.25, 0.3) is 5.91 Å². The molecule has 1 aliphatic carbocycles. The van der Waals surface area contributed by atoms with Gasteiger partial charge >= 0.3 is 0 Å². The molecule has 1 saturated carbocycles. The van der Waals surface area contributed by atoms with Crippen LogP contribution in [-0.4, -0.2) is 29.4 Å². The van der Waals surface area contributed by atoms with Crippen LogP contribution in [0.15, 0.2) is 21.3 Å². The Morgan fingerprint density at radius 2 is 2.25 bits per heavy atom. The molecule has 3 nitrogen and oxygen atoms in total. The summed E-state index contributed by atoms with van der Waals surface area (Å²) in [5, 5.41) is 0. The quantitative estimate of drug-likeness (QED) is 0.787. The molecule has 0 aliphatic heterocycles. The van der Waals surface area contributed by atoms with Gasteiger partial charge in [-0.1, -0.05) is 0 Å². The van der Waals surface area contributed by atoms with E-state index in [9.17, 15) is 4.79 Å². The highest BCUT2D eigenvalue weighted by Crippen LogP contribution is 2.30. The Morgan fingerprint density at radius 3 is 2.81 bits per heavy atom. The van der Waals surface area contributed by atoms with E-state index in [-0.39, 0.29) is 5.91 Å². The van der Waals surface area contributed by atoms with Gasteiger partial charge in [0.2, 0.25) is 0 Å². The second kappa shape index (κ2) is 4.84. The number of halogens is 2. The molecule has 0 bridgehead atoms. The fraction of sp³-hybridized carbons (Fsp3) is 0.455. The van der Waals surface area contributed by atoms with Crippen LogP contribution in [0.5, 0.6) is 0 Å². The summed E-state index contributed by atoms with van der Waals surface area (Å²) in [6.45, 7) is 0.854. The van der Waals surface area contributed by atoms with Gasteiger partial charge < -0.3 is 4.90 Å². The second-order valence-electron chi connectivity index (χ2n) is 4.13. The Bertz CT molecular complexity index is 418. The van der Waals surface area contributed by atoms with Crippen LogP contribution in [0, 0.1) is 5.92 Å². The number of carbonyl (C=O) groups is 1. The van der Waals surface area contributed by atoms with Gasteiger partial charge in [0.1, 0.15) is 4.60 Å². The fourth-order valence-corrected chi connectivity index (χ4v) is 2.10. The molecule has 2 rings (SSSR count). The van der Waals surface area contributed by atoms with Crippen LogP contribution in [0.25, 0.3) is 0 Å². The third-order valence-electron chi connectivity index (χ3n) is 2.62. The van der Waals surface area contributed by atoms with Crippen molar-refractivity contribution in [3.63, 3.8) is 0 Å². The number of aromatic nitrogens is 1. The predicted octanol–water partition coefficient (Wildman–Crippen LogP) is 3.09. The van der Waals surface area contributed by atoms with Crippen LogP contribution in [0.4, 0.5) is 0 Å². The van der Waals surface area contributed by atoms with E-state index in [1.807, 2.05) is 7.05 Å². The first-order valence-electron chi connectivity index (χ1n) is 5.14. The van der Waals surface area contributed by atoms with Gasteiger partial charge in [0, 0.05) is 19.8 Å². The molecule has 0 radical (unpaired) electrons. The van der Waals surface area contributed by atoms with Crippen LogP contribution < -0.4 is 0 Å². The largest absolute Gasteiger partial charge is 0.341 e. The molecule has 1 aromatic rings. The molecule has 1 aromatic heterocycles. The van der Waals surface area contributed by atoms with Crippen molar-refractivity contribution >= 4 is 37.8 Å². The van der Waals surface area contributed by atoms with Gasteiger partial charge in [-0.3, -0.25) is 4.79 Å². The molecule has 5 heteroatoms. The van der Waals surface area contributed by atoms with Crippen molar-refractivity contribution in [1.82, 2.24) is 9.88 Å². The molecule has 0 unspecified atom stereocenters. The monoisotopic (exact) mass is 346 g/mol. The Hall–Kier alpha value is -0.420. The number of nitrogens with zero attached hydrogens (tertiary/aromatic N) is 2. The average Bonchev–Trinajstić information content (AvgIpc) is 3.05. The lowest BCUT2D eigenvalue weighted by molar-refractivity contribution is 0.0788. The van der Waals surface area contributed by atoms with Gasteiger partial charge in [-0.15, -0.1) is 0 Å². The van der Waals surface area contributed by atoms with Crippen molar-refractivity contribution in [2.24, 2.45) is 5.92 Å². The number of pyridine rings is 1. The zero-order chi connectivity index (χ0) is 11.7. The van der Waals surface area contributed by atoms with E-state index in [2.05, 4.69) is 36.8 Å². The Morgan fingerprint density at radius 1 is 1.56 bits per heavy atom. The summed E-state index contributed by atoms with van der Waals surface area (Å²) < 4.78 is 1.52. The molecule has 0 atom stereocenters. The Balaban J connectivity index is 2.09. The molecule has 0 spiro atoms. The third kappa shape index (κ3) is 2.83. The standard InChI is InChI=1S/C11H12Br2N2O/c1-15(6-7-2-3-7)11(16)8-4-9(12)10(13)14-5-8/h4-5,7H,2-3,6H2,1H3. The van der Waals surface area contributed by atoms with Gasteiger partial charge in [-0.2, -0.15) is 0 Å². The van der Waals surface area contributed by atoms with E-state index < -0.39 is 0 Å². The molecular weight excluding hydrogens is 336 g/mol. The van der Waals surface area contributed by atoms with Crippen molar-refractivity contribution in [3.8, 4) is 0 Å². The Labute approximate surface area is 111 Å². The van der Waals surface area contributed by atoms with E-state index in [1.54, 1.807) is 17.2 Å². The summed E-state index contributed by atoms with van der Waals surface area (Å²) in [5.74, 6) is 0.744. The molecule has 1 amide bonds. The smallest absolute Gasteiger partial charge is 0.255 e. The summed E-state index contributed by atoms with van der Waals surface area (Å²) in [5.41, 5.74) is 0.623. The van der Waals surface area contributed by atoms with Gasteiger partial charge in [0.15, 0.2) is 0 Å². The first-order valence-corrected chi connectivity index (χ1v) is 6.73. The highest BCUT2D eigenvalue weighted by atomic mass is 79.9. The molecule has 16 heavy (non-hydrogen) atoms. The summed E-state index contributed by atoms with van der Waals surface area (Å²) in [4.78, 5) is 17.9. The molecule has 0 N–H and O–H groups in total. The highest BCUT2D eigenvalue weighted by molar-refractivity contribution is 9.13. The lowest BCUT2D eigenvalue weighted by Crippen LogP contribution is -2.28.